The van der Waals surface area contributed by atoms with Crippen LogP contribution in [0.1, 0.15) is 31.2 Å². The Hall–Kier alpha value is -0.570. The van der Waals surface area contributed by atoms with E-state index in [4.69, 9.17) is 16.3 Å². The van der Waals surface area contributed by atoms with Gasteiger partial charge in [-0.1, -0.05) is 36.6 Å². The van der Waals surface area contributed by atoms with E-state index >= 15 is 0 Å². The van der Waals surface area contributed by atoms with Gasteiger partial charge in [-0.15, -0.1) is 0 Å². The fourth-order valence-corrected chi connectivity index (χ4v) is 2.59. The van der Waals surface area contributed by atoms with Gasteiger partial charge in [-0.25, -0.2) is 0 Å². The fourth-order valence-electron chi connectivity index (χ4n) is 2.46. The number of halogens is 1. The number of benzene rings is 1. The Bertz CT molecular complexity index is 339. The standard InChI is InChI=1S/C14H20ClNO/c1-17-14-5-3-2-4-13(14)16-10-11-6-8-12(15)9-7-11/h6-9,13-14,16H,2-5,10H2,1H3. The van der Waals surface area contributed by atoms with Gasteiger partial charge in [0, 0.05) is 24.7 Å². The molecule has 0 radical (unpaired) electrons. The molecule has 1 aliphatic carbocycles. The first-order valence-electron chi connectivity index (χ1n) is 6.30. The van der Waals surface area contributed by atoms with Gasteiger partial charge in [-0.3, -0.25) is 0 Å². The summed E-state index contributed by atoms with van der Waals surface area (Å²) in [6, 6.07) is 8.50. The second-order valence-electron chi connectivity index (χ2n) is 4.67. The van der Waals surface area contributed by atoms with E-state index < -0.39 is 0 Å². The van der Waals surface area contributed by atoms with E-state index in [1.165, 1.54) is 31.2 Å². The number of rotatable bonds is 4. The molecule has 0 saturated heterocycles. The molecule has 0 aliphatic heterocycles. The molecular weight excluding hydrogens is 234 g/mol. The smallest absolute Gasteiger partial charge is 0.0724 e. The highest BCUT2D eigenvalue weighted by molar-refractivity contribution is 6.30. The van der Waals surface area contributed by atoms with Crippen LogP contribution in [-0.4, -0.2) is 19.3 Å². The van der Waals surface area contributed by atoms with Crippen LogP contribution in [0.25, 0.3) is 0 Å². The summed E-state index contributed by atoms with van der Waals surface area (Å²) in [5, 5.41) is 4.38. The minimum absolute atomic E-state index is 0.371. The van der Waals surface area contributed by atoms with Gasteiger partial charge in [0.1, 0.15) is 0 Å². The molecule has 1 aromatic carbocycles. The van der Waals surface area contributed by atoms with E-state index in [0.717, 1.165) is 11.6 Å². The van der Waals surface area contributed by atoms with Crippen LogP contribution in [0.5, 0.6) is 0 Å². The lowest BCUT2D eigenvalue weighted by molar-refractivity contribution is 0.0413. The molecule has 0 bridgehead atoms. The van der Waals surface area contributed by atoms with Crippen molar-refractivity contribution in [3.05, 3.63) is 34.9 Å². The highest BCUT2D eigenvalue weighted by Crippen LogP contribution is 2.21. The first-order valence-corrected chi connectivity index (χ1v) is 6.68. The van der Waals surface area contributed by atoms with Crippen molar-refractivity contribution in [2.45, 2.75) is 44.4 Å². The summed E-state index contributed by atoms with van der Waals surface area (Å²) in [7, 11) is 1.81. The van der Waals surface area contributed by atoms with Gasteiger partial charge in [-0.05, 0) is 30.5 Å². The first kappa shape index (κ1) is 12.9. The highest BCUT2D eigenvalue weighted by atomic mass is 35.5. The number of hydrogen-bond donors (Lipinski definition) is 1. The van der Waals surface area contributed by atoms with Crippen LogP contribution in [0.4, 0.5) is 0 Å². The second-order valence-corrected chi connectivity index (χ2v) is 5.11. The molecule has 1 saturated carbocycles. The molecule has 2 rings (SSSR count). The molecular formula is C14H20ClNO. The fraction of sp³-hybridized carbons (Fsp3) is 0.571. The molecule has 94 valence electrons. The third-order valence-corrected chi connectivity index (χ3v) is 3.74. The average molecular weight is 254 g/mol. The van der Waals surface area contributed by atoms with Gasteiger partial charge in [0.05, 0.1) is 6.10 Å². The van der Waals surface area contributed by atoms with Gasteiger partial charge < -0.3 is 10.1 Å². The number of ether oxygens (including phenoxy) is 1. The quantitative estimate of drug-likeness (QED) is 0.888. The van der Waals surface area contributed by atoms with Crippen molar-refractivity contribution >= 4 is 11.6 Å². The van der Waals surface area contributed by atoms with Crippen LogP contribution < -0.4 is 5.32 Å². The van der Waals surface area contributed by atoms with Gasteiger partial charge in [0.15, 0.2) is 0 Å². The molecule has 0 heterocycles. The van der Waals surface area contributed by atoms with Crippen LogP contribution in [0, 0.1) is 0 Å². The maximum absolute atomic E-state index is 5.87. The Morgan fingerprint density at radius 1 is 1.24 bits per heavy atom. The minimum Gasteiger partial charge on any atom is -0.380 e. The minimum atomic E-state index is 0.371. The van der Waals surface area contributed by atoms with Crippen LogP contribution in [0.15, 0.2) is 24.3 Å². The van der Waals surface area contributed by atoms with E-state index in [1.54, 1.807) is 0 Å². The van der Waals surface area contributed by atoms with Gasteiger partial charge in [0.25, 0.3) is 0 Å². The number of methoxy groups -OCH3 is 1. The third-order valence-electron chi connectivity index (χ3n) is 3.49. The van der Waals surface area contributed by atoms with Crippen LogP contribution in [-0.2, 0) is 11.3 Å². The van der Waals surface area contributed by atoms with Gasteiger partial charge in [-0.2, -0.15) is 0 Å². The highest BCUT2D eigenvalue weighted by Gasteiger charge is 2.23. The molecule has 1 aromatic rings. The summed E-state index contributed by atoms with van der Waals surface area (Å²) >= 11 is 5.87. The molecule has 1 N–H and O–H groups in total. The SMILES string of the molecule is COC1CCCCC1NCc1ccc(Cl)cc1. The predicted molar refractivity (Wildman–Crippen MR) is 71.3 cm³/mol. The normalized spacial score (nSPS) is 24.8. The average Bonchev–Trinajstić information content (AvgIpc) is 2.38. The van der Waals surface area contributed by atoms with Crippen molar-refractivity contribution < 1.29 is 4.74 Å². The molecule has 2 unspecified atom stereocenters. The Balaban J connectivity index is 1.86. The molecule has 1 aliphatic rings. The first-order chi connectivity index (χ1) is 8.29. The maximum Gasteiger partial charge on any atom is 0.0724 e. The summed E-state index contributed by atoms with van der Waals surface area (Å²) in [5.41, 5.74) is 1.27. The Morgan fingerprint density at radius 2 is 1.94 bits per heavy atom. The van der Waals surface area contributed by atoms with Crippen LogP contribution in [0.3, 0.4) is 0 Å². The van der Waals surface area contributed by atoms with Crippen molar-refractivity contribution in [1.82, 2.24) is 5.32 Å². The lowest BCUT2D eigenvalue weighted by Gasteiger charge is -2.31. The largest absolute Gasteiger partial charge is 0.380 e. The van der Waals surface area contributed by atoms with Crippen molar-refractivity contribution in [2.24, 2.45) is 0 Å². The van der Waals surface area contributed by atoms with E-state index in [1.807, 2.05) is 19.2 Å². The summed E-state index contributed by atoms with van der Waals surface area (Å²) in [6.45, 7) is 0.891. The predicted octanol–water partition coefficient (Wildman–Crippen LogP) is 3.39. The molecule has 2 atom stereocenters. The molecule has 1 fully saturated rings. The van der Waals surface area contributed by atoms with E-state index in [2.05, 4.69) is 17.4 Å². The molecule has 0 amide bonds. The van der Waals surface area contributed by atoms with Crippen molar-refractivity contribution in [1.29, 1.82) is 0 Å². The van der Waals surface area contributed by atoms with Crippen molar-refractivity contribution in [3.63, 3.8) is 0 Å². The summed E-state index contributed by atoms with van der Waals surface area (Å²) in [4.78, 5) is 0. The topological polar surface area (TPSA) is 21.3 Å². The van der Waals surface area contributed by atoms with Crippen LogP contribution >= 0.6 is 11.6 Å². The monoisotopic (exact) mass is 253 g/mol. The zero-order valence-electron chi connectivity index (χ0n) is 10.3. The number of hydrogen-bond acceptors (Lipinski definition) is 2. The van der Waals surface area contributed by atoms with E-state index in [9.17, 15) is 0 Å². The van der Waals surface area contributed by atoms with E-state index in [-0.39, 0.29) is 0 Å². The molecule has 2 nitrogen and oxygen atoms in total. The Morgan fingerprint density at radius 3 is 2.65 bits per heavy atom. The summed E-state index contributed by atoms with van der Waals surface area (Å²) in [5.74, 6) is 0. The maximum atomic E-state index is 5.87. The third kappa shape index (κ3) is 3.70. The molecule has 17 heavy (non-hydrogen) atoms. The molecule has 3 heteroatoms. The lowest BCUT2D eigenvalue weighted by atomic mass is 9.92. The van der Waals surface area contributed by atoms with Crippen molar-refractivity contribution in [3.8, 4) is 0 Å². The van der Waals surface area contributed by atoms with Crippen LogP contribution in [0.2, 0.25) is 5.02 Å². The van der Waals surface area contributed by atoms with Gasteiger partial charge in [0.2, 0.25) is 0 Å². The zero-order valence-corrected chi connectivity index (χ0v) is 11.0. The summed E-state index contributed by atoms with van der Waals surface area (Å²) in [6.07, 6.45) is 5.35. The van der Waals surface area contributed by atoms with Crippen molar-refractivity contribution in [2.75, 3.05) is 7.11 Å². The zero-order chi connectivity index (χ0) is 12.1. The molecule has 0 aromatic heterocycles. The Kier molecular flexibility index (Phi) is 4.84. The lowest BCUT2D eigenvalue weighted by Crippen LogP contribution is -2.42. The van der Waals surface area contributed by atoms with Gasteiger partial charge >= 0.3 is 0 Å². The number of nitrogens with one attached hydrogen (secondary N) is 1. The van der Waals surface area contributed by atoms with E-state index in [0.29, 0.717) is 12.1 Å². The molecule has 0 spiro atoms. The summed E-state index contributed by atoms with van der Waals surface area (Å²) < 4.78 is 5.53. The second kappa shape index (κ2) is 6.39. The Labute approximate surface area is 108 Å².